The summed E-state index contributed by atoms with van der Waals surface area (Å²) in [6, 6.07) is 0. The third kappa shape index (κ3) is 4.25. The Kier molecular flexibility index (Phi) is 4.19. The average Bonchev–Trinajstić information content (AvgIpc) is 2.08. The number of aliphatic carboxylic acids is 1. The van der Waals surface area contributed by atoms with Gasteiger partial charge in [-0.3, -0.25) is 4.79 Å². The molecule has 0 aliphatic heterocycles. The minimum absolute atomic E-state index is 0.259. The Hall–Kier alpha value is -0.600. The van der Waals surface area contributed by atoms with E-state index in [-0.39, 0.29) is 6.42 Å². The summed E-state index contributed by atoms with van der Waals surface area (Å²) in [5.74, 6) is -0.148. The quantitative estimate of drug-likeness (QED) is 0.736. The molecule has 76 valence electrons. The molecule has 0 unspecified atom stereocenters. The minimum atomic E-state index is -0.723. The number of carboxylic acid groups (broad SMARTS) is 1. The lowest BCUT2D eigenvalue weighted by Crippen LogP contribution is -2.15. The van der Waals surface area contributed by atoms with Gasteiger partial charge in [-0.2, -0.15) is 0 Å². The topological polar surface area (TPSA) is 37.3 Å². The summed E-state index contributed by atoms with van der Waals surface area (Å²) in [4.78, 5) is 10.2. The molecule has 1 saturated carbocycles. The van der Waals surface area contributed by atoms with E-state index in [0.29, 0.717) is 18.8 Å². The molecule has 13 heavy (non-hydrogen) atoms. The molecule has 1 fully saturated rings. The van der Waals surface area contributed by atoms with Crippen LogP contribution in [-0.4, -0.2) is 17.2 Å². The van der Waals surface area contributed by atoms with E-state index in [9.17, 15) is 9.18 Å². The van der Waals surface area contributed by atoms with Gasteiger partial charge in [-0.05, 0) is 44.4 Å². The van der Waals surface area contributed by atoms with Crippen molar-refractivity contribution in [3.05, 3.63) is 0 Å². The van der Waals surface area contributed by atoms with Crippen molar-refractivity contribution < 1.29 is 14.3 Å². The zero-order chi connectivity index (χ0) is 9.68. The minimum Gasteiger partial charge on any atom is -0.481 e. The van der Waals surface area contributed by atoms with Crippen LogP contribution in [0.15, 0.2) is 0 Å². The third-order valence-corrected chi connectivity index (χ3v) is 2.78. The maximum Gasteiger partial charge on any atom is 0.303 e. The first-order valence-electron chi connectivity index (χ1n) is 5.04. The predicted octanol–water partition coefficient (Wildman–Crippen LogP) is 2.77. The van der Waals surface area contributed by atoms with Crippen LogP contribution in [0.1, 0.15) is 44.9 Å². The Morgan fingerprint density at radius 3 is 2.46 bits per heavy atom. The smallest absolute Gasteiger partial charge is 0.303 e. The van der Waals surface area contributed by atoms with Crippen molar-refractivity contribution in [3.63, 3.8) is 0 Å². The number of hydrogen-bond donors (Lipinski definition) is 1. The molecule has 0 aromatic heterocycles. The van der Waals surface area contributed by atoms with Crippen molar-refractivity contribution in [1.29, 1.82) is 0 Å². The fourth-order valence-corrected chi connectivity index (χ4v) is 1.95. The molecule has 1 aliphatic carbocycles. The van der Waals surface area contributed by atoms with Crippen molar-refractivity contribution in [2.45, 2.75) is 51.1 Å². The maximum absolute atomic E-state index is 12.7. The van der Waals surface area contributed by atoms with Crippen LogP contribution in [0.3, 0.4) is 0 Å². The molecule has 1 rings (SSSR count). The number of alkyl halides is 1. The average molecular weight is 188 g/mol. The van der Waals surface area contributed by atoms with E-state index < -0.39 is 12.1 Å². The summed E-state index contributed by atoms with van der Waals surface area (Å²) >= 11 is 0. The summed E-state index contributed by atoms with van der Waals surface area (Å²) in [6.07, 6.45) is 4.61. The Morgan fingerprint density at radius 1 is 1.31 bits per heavy atom. The van der Waals surface area contributed by atoms with Gasteiger partial charge >= 0.3 is 5.97 Å². The molecule has 0 atom stereocenters. The van der Waals surface area contributed by atoms with Crippen molar-refractivity contribution in [2.75, 3.05) is 0 Å². The lowest BCUT2D eigenvalue weighted by atomic mass is 9.85. The van der Waals surface area contributed by atoms with Gasteiger partial charge < -0.3 is 5.11 Å². The van der Waals surface area contributed by atoms with E-state index >= 15 is 0 Å². The van der Waals surface area contributed by atoms with Gasteiger partial charge in [-0.1, -0.05) is 0 Å². The third-order valence-electron chi connectivity index (χ3n) is 2.78. The number of hydrogen-bond acceptors (Lipinski definition) is 1. The Morgan fingerprint density at radius 2 is 1.92 bits per heavy atom. The van der Waals surface area contributed by atoms with Crippen LogP contribution in [0.2, 0.25) is 0 Å². The summed E-state index contributed by atoms with van der Waals surface area (Å²) in [5, 5.41) is 8.43. The van der Waals surface area contributed by atoms with Gasteiger partial charge in [0.25, 0.3) is 0 Å². The standard InChI is InChI=1S/C10H17FO2/c11-9-6-4-8(5-7-9)2-1-3-10(12)13/h8-9H,1-7H2,(H,12,13). The van der Waals surface area contributed by atoms with Crippen molar-refractivity contribution >= 4 is 5.97 Å². The zero-order valence-corrected chi connectivity index (χ0v) is 7.84. The molecule has 0 saturated heterocycles. The number of carbonyl (C=O) groups is 1. The van der Waals surface area contributed by atoms with Gasteiger partial charge in [-0.25, -0.2) is 4.39 Å². The molecule has 1 aliphatic rings. The second-order valence-corrected chi connectivity index (χ2v) is 3.90. The first kappa shape index (κ1) is 10.5. The highest BCUT2D eigenvalue weighted by atomic mass is 19.1. The number of rotatable bonds is 4. The Balaban J connectivity index is 2.05. The van der Waals surface area contributed by atoms with E-state index in [1.54, 1.807) is 0 Å². The molecule has 2 nitrogen and oxygen atoms in total. The second kappa shape index (κ2) is 5.20. The van der Waals surface area contributed by atoms with Crippen molar-refractivity contribution in [1.82, 2.24) is 0 Å². The van der Waals surface area contributed by atoms with E-state index in [4.69, 9.17) is 5.11 Å². The summed E-state index contributed by atoms with van der Waals surface area (Å²) < 4.78 is 12.7. The summed E-state index contributed by atoms with van der Waals surface area (Å²) in [7, 11) is 0. The molecule has 0 heterocycles. The van der Waals surface area contributed by atoms with Crippen molar-refractivity contribution in [2.24, 2.45) is 5.92 Å². The van der Waals surface area contributed by atoms with Crippen molar-refractivity contribution in [3.8, 4) is 0 Å². The predicted molar refractivity (Wildman–Crippen MR) is 48.3 cm³/mol. The van der Waals surface area contributed by atoms with Crippen LogP contribution in [-0.2, 0) is 4.79 Å². The Labute approximate surface area is 78.1 Å². The molecule has 0 aromatic rings. The molecule has 0 bridgehead atoms. The van der Waals surface area contributed by atoms with Crippen LogP contribution >= 0.6 is 0 Å². The number of carboxylic acids is 1. The van der Waals surface area contributed by atoms with Crippen LogP contribution in [0.5, 0.6) is 0 Å². The molecule has 3 heteroatoms. The van der Waals surface area contributed by atoms with Gasteiger partial charge in [0.05, 0.1) is 0 Å². The molecular weight excluding hydrogens is 171 g/mol. The van der Waals surface area contributed by atoms with Gasteiger partial charge in [0, 0.05) is 6.42 Å². The van der Waals surface area contributed by atoms with Gasteiger partial charge in [0.1, 0.15) is 6.17 Å². The van der Waals surface area contributed by atoms with E-state index in [1.807, 2.05) is 0 Å². The van der Waals surface area contributed by atoms with Crippen LogP contribution in [0, 0.1) is 5.92 Å². The summed E-state index contributed by atoms with van der Waals surface area (Å²) in [6.45, 7) is 0. The summed E-state index contributed by atoms with van der Waals surface area (Å²) in [5.41, 5.74) is 0. The van der Waals surface area contributed by atoms with Gasteiger partial charge in [0.15, 0.2) is 0 Å². The lowest BCUT2D eigenvalue weighted by molar-refractivity contribution is -0.137. The van der Waals surface area contributed by atoms with Gasteiger partial charge in [-0.15, -0.1) is 0 Å². The highest BCUT2D eigenvalue weighted by molar-refractivity contribution is 5.66. The fraction of sp³-hybridized carbons (Fsp3) is 0.900. The van der Waals surface area contributed by atoms with E-state index in [0.717, 1.165) is 25.7 Å². The highest BCUT2D eigenvalue weighted by Crippen LogP contribution is 2.29. The zero-order valence-electron chi connectivity index (χ0n) is 7.84. The molecular formula is C10H17FO2. The van der Waals surface area contributed by atoms with E-state index in [2.05, 4.69) is 0 Å². The highest BCUT2D eigenvalue weighted by Gasteiger charge is 2.20. The molecule has 0 spiro atoms. The Bertz CT molecular complexity index is 162. The van der Waals surface area contributed by atoms with E-state index in [1.165, 1.54) is 0 Å². The normalized spacial score (nSPS) is 28.7. The second-order valence-electron chi connectivity index (χ2n) is 3.90. The monoisotopic (exact) mass is 188 g/mol. The maximum atomic E-state index is 12.7. The van der Waals surface area contributed by atoms with Gasteiger partial charge in [0.2, 0.25) is 0 Å². The molecule has 0 radical (unpaired) electrons. The van der Waals surface area contributed by atoms with Crippen LogP contribution in [0.4, 0.5) is 4.39 Å². The molecule has 1 N–H and O–H groups in total. The first-order valence-corrected chi connectivity index (χ1v) is 5.04. The SMILES string of the molecule is O=C(O)CCCC1CCC(F)CC1. The van der Waals surface area contributed by atoms with Crippen LogP contribution < -0.4 is 0 Å². The fourth-order valence-electron chi connectivity index (χ4n) is 1.95. The first-order chi connectivity index (χ1) is 6.18. The lowest BCUT2D eigenvalue weighted by Gasteiger charge is -2.23. The van der Waals surface area contributed by atoms with Crippen LogP contribution in [0.25, 0.3) is 0 Å². The number of halogens is 1. The largest absolute Gasteiger partial charge is 0.481 e. The molecule has 0 aromatic carbocycles. The molecule has 0 amide bonds.